The summed E-state index contributed by atoms with van der Waals surface area (Å²) < 4.78 is 5.86. The number of amides is 1. The van der Waals surface area contributed by atoms with Gasteiger partial charge in [0.05, 0.1) is 13.2 Å². The first-order valence-corrected chi connectivity index (χ1v) is 8.26. The maximum absolute atomic E-state index is 12.9. The van der Waals surface area contributed by atoms with Crippen molar-refractivity contribution in [1.82, 2.24) is 4.90 Å². The average molecular weight is 317 g/mol. The van der Waals surface area contributed by atoms with Crippen LogP contribution in [-0.2, 0) is 4.74 Å². The number of hydrogen-bond donors (Lipinski definition) is 0. The summed E-state index contributed by atoms with van der Waals surface area (Å²) in [4.78, 5) is 14.8. The van der Waals surface area contributed by atoms with Crippen LogP contribution >= 0.6 is 0 Å². The van der Waals surface area contributed by atoms with Crippen LogP contribution in [0.2, 0.25) is 0 Å². The van der Waals surface area contributed by atoms with Crippen LogP contribution in [-0.4, -0.2) is 30.5 Å². The summed E-state index contributed by atoms with van der Waals surface area (Å²) in [5, 5.41) is 2.24. The molecule has 3 aromatic rings. The third-order valence-electron chi connectivity index (χ3n) is 4.52. The van der Waals surface area contributed by atoms with Crippen molar-refractivity contribution >= 4 is 16.7 Å². The molecule has 120 valence electrons. The second-order valence-corrected chi connectivity index (χ2v) is 6.08. The normalized spacial score (nSPS) is 17.8. The first-order valence-electron chi connectivity index (χ1n) is 8.26. The van der Waals surface area contributed by atoms with E-state index >= 15 is 0 Å². The molecule has 3 nitrogen and oxygen atoms in total. The van der Waals surface area contributed by atoms with Gasteiger partial charge in [-0.05, 0) is 28.5 Å². The number of rotatable bonds is 2. The highest BCUT2D eigenvalue weighted by atomic mass is 16.5. The van der Waals surface area contributed by atoms with Gasteiger partial charge in [-0.15, -0.1) is 0 Å². The zero-order chi connectivity index (χ0) is 16.4. The standard InChI is InChI=1S/C21H19NO2/c23-21(19-11-10-16-6-4-5-9-18(16)14-19)22-12-13-24-20(15-22)17-7-2-1-3-8-17/h1-11,14,20H,12-13,15H2/t20-/m0/s1. The van der Waals surface area contributed by atoms with Gasteiger partial charge in [0.1, 0.15) is 6.10 Å². The monoisotopic (exact) mass is 317 g/mol. The lowest BCUT2D eigenvalue weighted by molar-refractivity contribution is -0.0228. The SMILES string of the molecule is O=C(c1ccc2ccccc2c1)N1CCO[C@H](c2ccccc2)C1. The maximum atomic E-state index is 12.9. The predicted octanol–water partition coefficient (Wildman–Crippen LogP) is 4.05. The van der Waals surface area contributed by atoms with Crippen molar-refractivity contribution in [2.45, 2.75) is 6.10 Å². The van der Waals surface area contributed by atoms with Gasteiger partial charge in [-0.3, -0.25) is 4.79 Å². The second-order valence-electron chi connectivity index (χ2n) is 6.08. The predicted molar refractivity (Wildman–Crippen MR) is 95.0 cm³/mol. The fraction of sp³-hybridized carbons (Fsp3) is 0.190. The smallest absolute Gasteiger partial charge is 0.254 e. The Labute approximate surface area is 141 Å². The molecule has 1 amide bonds. The van der Waals surface area contributed by atoms with Gasteiger partial charge < -0.3 is 9.64 Å². The number of fused-ring (bicyclic) bond motifs is 1. The van der Waals surface area contributed by atoms with E-state index in [1.165, 1.54) is 0 Å². The Hall–Kier alpha value is -2.65. The molecule has 1 heterocycles. The molecule has 0 aromatic heterocycles. The van der Waals surface area contributed by atoms with E-state index in [0.717, 1.165) is 21.9 Å². The van der Waals surface area contributed by atoms with Crippen molar-refractivity contribution in [3.05, 3.63) is 83.9 Å². The summed E-state index contributed by atoms with van der Waals surface area (Å²) in [7, 11) is 0. The first kappa shape index (κ1) is 14.9. The lowest BCUT2D eigenvalue weighted by Gasteiger charge is -2.33. The second kappa shape index (κ2) is 6.46. The van der Waals surface area contributed by atoms with E-state index < -0.39 is 0 Å². The average Bonchev–Trinajstić information content (AvgIpc) is 2.68. The molecule has 0 unspecified atom stereocenters. The van der Waals surface area contributed by atoms with Gasteiger partial charge in [-0.25, -0.2) is 0 Å². The highest BCUT2D eigenvalue weighted by Crippen LogP contribution is 2.24. The van der Waals surface area contributed by atoms with Crippen molar-refractivity contribution in [2.75, 3.05) is 19.7 Å². The third kappa shape index (κ3) is 2.91. The van der Waals surface area contributed by atoms with E-state index in [4.69, 9.17) is 4.74 Å². The summed E-state index contributed by atoms with van der Waals surface area (Å²) in [6.45, 7) is 1.80. The van der Waals surface area contributed by atoms with Crippen molar-refractivity contribution < 1.29 is 9.53 Å². The van der Waals surface area contributed by atoms with Gasteiger partial charge in [0.15, 0.2) is 0 Å². The molecular formula is C21H19NO2. The Bertz CT molecular complexity index is 860. The maximum Gasteiger partial charge on any atom is 0.254 e. The van der Waals surface area contributed by atoms with Crippen molar-refractivity contribution in [2.24, 2.45) is 0 Å². The molecule has 3 aromatic carbocycles. The minimum atomic E-state index is -0.0515. The third-order valence-corrected chi connectivity index (χ3v) is 4.52. The summed E-state index contributed by atoms with van der Waals surface area (Å²) in [6, 6.07) is 24.1. The Morgan fingerprint density at radius 1 is 0.917 bits per heavy atom. The minimum absolute atomic E-state index is 0.0515. The Morgan fingerprint density at radius 3 is 2.50 bits per heavy atom. The van der Waals surface area contributed by atoms with Crippen LogP contribution in [0.25, 0.3) is 10.8 Å². The molecule has 0 aliphatic carbocycles. The number of morpholine rings is 1. The largest absolute Gasteiger partial charge is 0.370 e. The lowest BCUT2D eigenvalue weighted by Crippen LogP contribution is -2.42. The number of benzene rings is 3. The quantitative estimate of drug-likeness (QED) is 0.713. The van der Waals surface area contributed by atoms with Gasteiger partial charge in [0, 0.05) is 12.1 Å². The molecule has 1 atom stereocenters. The molecule has 0 radical (unpaired) electrons. The molecule has 24 heavy (non-hydrogen) atoms. The van der Waals surface area contributed by atoms with Crippen molar-refractivity contribution in [3.8, 4) is 0 Å². The Morgan fingerprint density at radius 2 is 1.67 bits per heavy atom. The number of hydrogen-bond acceptors (Lipinski definition) is 2. The molecule has 1 fully saturated rings. The van der Waals surface area contributed by atoms with Gasteiger partial charge in [0.2, 0.25) is 0 Å². The first-order chi connectivity index (χ1) is 11.8. The molecule has 1 aliphatic heterocycles. The van der Waals surface area contributed by atoms with E-state index in [9.17, 15) is 4.79 Å². The van der Waals surface area contributed by atoms with Crippen LogP contribution < -0.4 is 0 Å². The summed E-state index contributed by atoms with van der Waals surface area (Å²) in [5.41, 5.74) is 1.86. The molecule has 3 heteroatoms. The number of carbonyl (C=O) groups is 1. The fourth-order valence-corrected chi connectivity index (χ4v) is 3.21. The molecule has 0 N–H and O–H groups in total. The lowest BCUT2D eigenvalue weighted by atomic mass is 10.0. The topological polar surface area (TPSA) is 29.5 Å². The van der Waals surface area contributed by atoms with Crippen molar-refractivity contribution in [1.29, 1.82) is 0 Å². The van der Waals surface area contributed by atoms with E-state index in [2.05, 4.69) is 18.2 Å². The zero-order valence-electron chi connectivity index (χ0n) is 13.4. The summed E-state index contributed by atoms with van der Waals surface area (Å²) in [5.74, 6) is 0.0741. The van der Waals surface area contributed by atoms with E-state index in [1.807, 2.05) is 59.5 Å². The molecule has 4 rings (SSSR count). The molecular weight excluding hydrogens is 298 g/mol. The van der Waals surface area contributed by atoms with Crippen LogP contribution in [0.1, 0.15) is 22.0 Å². The van der Waals surface area contributed by atoms with Crippen LogP contribution in [0.5, 0.6) is 0 Å². The van der Waals surface area contributed by atoms with Gasteiger partial charge in [-0.1, -0.05) is 60.7 Å². The fourth-order valence-electron chi connectivity index (χ4n) is 3.21. The Kier molecular flexibility index (Phi) is 4.01. The van der Waals surface area contributed by atoms with Crippen molar-refractivity contribution in [3.63, 3.8) is 0 Å². The summed E-state index contributed by atoms with van der Waals surface area (Å²) >= 11 is 0. The molecule has 1 saturated heterocycles. The van der Waals surface area contributed by atoms with Crippen LogP contribution in [0.3, 0.4) is 0 Å². The number of carbonyl (C=O) groups excluding carboxylic acids is 1. The molecule has 0 bridgehead atoms. The molecule has 0 spiro atoms. The molecule has 1 aliphatic rings. The highest BCUT2D eigenvalue weighted by Gasteiger charge is 2.26. The van der Waals surface area contributed by atoms with E-state index in [1.54, 1.807) is 0 Å². The van der Waals surface area contributed by atoms with Crippen LogP contribution in [0.4, 0.5) is 0 Å². The Balaban J connectivity index is 1.56. The van der Waals surface area contributed by atoms with Crippen LogP contribution in [0, 0.1) is 0 Å². The van der Waals surface area contributed by atoms with Gasteiger partial charge in [-0.2, -0.15) is 0 Å². The van der Waals surface area contributed by atoms with Gasteiger partial charge >= 0.3 is 0 Å². The highest BCUT2D eigenvalue weighted by molar-refractivity contribution is 5.98. The molecule has 0 saturated carbocycles. The van der Waals surface area contributed by atoms with E-state index in [0.29, 0.717) is 19.7 Å². The van der Waals surface area contributed by atoms with E-state index in [-0.39, 0.29) is 12.0 Å². The number of nitrogens with zero attached hydrogens (tertiary/aromatic N) is 1. The summed E-state index contributed by atoms with van der Waals surface area (Å²) in [6.07, 6.45) is -0.0515. The minimum Gasteiger partial charge on any atom is -0.370 e. The number of ether oxygens (including phenoxy) is 1. The zero-order valence-corrected chi connectivity index (χ0v) is 13.4. The van der Waals surface area contributed by atoms with Crippen LogP contribution in [0.15, 0.2) is 72.8 Å². The van der Waals surface area contributed by atoms with Gasteiger partial charge in [0.25, 0.3) is 5.91 Å².